The predicted molar refractivity (Wildman–Crippen MR) is 81.4 cm³/mol. The molecule has 0 spiro atoms. The maximum atomic E-state index is 12.5. The van der Waals surface area contributed by atoms with Crippen molar-refractivity contribution >= 4 is 17.5 Å². The number of rotatable bonds is 3. The van der Waals surface area contributed by atoms with Gasteiger partial charge in [0, 0.05) is 37.3 Å². The molecule has 2 aliphatic heterocycles. The van der Waals surface area contributed by atoms with Crippen molar-refractivity contribution in [1.29, 1.82) is 0 Å². The van der Waals surface area contributed by atoms with Crippen LogP contribution in [0, 0.1) is 0 Å². The molecule has 0 aliphatic carbocycles. The summed E-state index contributed by atoms with van der Waals surface area (Å²) in [7, 11) is 1.85. The topological polar surface area (TPSA) is 61.4 Å². The summed E-state index contributed by atoms with van der Waals surface area (Å²) in [6.45, 7) is 1.79. The van der Waals surface area contributed by atoms with Gasteiger partial charge in [0.15, 0.2) is 0 Å². The molecule has 1 fully saturated rings. The Morgan fingerprint density at radius 1 is 1.38 bits per heavy atom. The van der Waals surface area contributed by atoms with E-state index in [1.165, 1.54) is 6.42 Å². The lowest BCUT2D eigenvalue weighted by Gasteiger charge is -2.23. The van der Waals surface area contributed by atoms with Gasteiger partial charge in [-0.15, -0.1) is 0 Å². The van der Waals surface area contributed by atoms with Gasteiger partial charge in [-0.3, -0.25) is 9.59 Å². The maximum absolute atomic E-state index is 12.5. The smallest absolute Gasteiger partial charge is 0.253 e. The van der Waals surface area contributed by atoms with Crippen molar-refractivity contribution in [3.05, 3.63) is 29.3 Å². The Bertz CT molecular complexity index is 565. The molecule has 0 radical (unpaired) electrons. The SMILES string of the molecule is CN(CC1CCCN1)C(=O)c1ccc2c(c1)CCC(=O)N2. The van der Waals surface area contributed by atoms with Crippen LogP contribution in [-0.4, -0.2) is 42.9 Å². The fourth-order valence-electron chi connectivity index (χ4n) is 3.06. The highest BCUT2D eigenvalue weighted by atomic mass is 16.2. The molecule has 112 valence electrons. The van der Waals surface area contributed by atoms with E-state index in [4.69, 9.17) is 0 Å². The van der Waals surface area contributed by atoms with Crippen LogP contribution in [-0.2, 0) is 11.2 Å². The van der Waals surface area contributed by atoms with Crippen molar-refractivity contribution in [3.8, 4) is 0 Å². The Kier molecular flexibility index (Phi) is 3.92. The second-order valence-electron chi connectivity index (χ2n) is 5.90. The van der Waals surface area contributed by atoms with Crippen LogP contribution in [0.25, 0.3) is 0 Å². The summed E-state index contributed by atoms with van der Waals surface area (Å²) in [5, 5.41) is 6.25. The number of benzene rings is 1. The summed E-state index contributed by atoms with van der Waals surface area (Å²) in [5.41, 5.74) is 2.58. The lowest BCUT2D eigenvalue weighted by atomic mass is 10.00. The molecule has 21 heavy (non-hydrogen) atoms. The van der Waals surface area contributed by atoms with E-state index in [-0.39, 0.29) is 11.8 Å². The highest BCUT2D eigenvalue weighted by Gasteiger charge is 2.21. The van der Waals surface area contributed by atoms with E-state index in [9.17, 15) is 9.59 Å². The summed E-state index contributed by atoms with van der Waals surface area (Å²) < 4.78 is 0. The van der Waals surface area contributed by atoms with E-state index in [1.807, 2.05) is 19.2 Å². The van der Waals surface area contributed by atoms with Gasteiger partial charge in [-0.1, -0.05) is 0 Å². The number of aryl methyl sites for hydroxylation is 1. The zero-order chi connectivity index (χ0) is 14.8. The minimum atomic E-state index is 0.0448. The van der Waals surface area contributed by atoms with Crippen molar-refractivity contribution in [2.75, 3.05) is 25.5 Å². The summed E-state index contributed by atoms with van der Waals surface area (Å²) in [6, 6.07) is 5.96. The molecule has 1 atom stereocenters. The molecule has 0 bridgehead atoms. The van der Waals surface area contributed by atoms with Crippen molar-refractivity contribution in [2.24, 2.45) is 0 Å². The predicted octanol–water partition coefficient (Wildman–Crippen LogP) is 1.40. The average molecular weight is 287 g/mol. The van der Waals surface area contributed by atoms with Crippen LogP contribution in [0.4, 0.5) is 5.69 Å². The van der Waals surface area contributed by atoms with Gasteiger partial charge in [0.2, 0.25) is 5.91 Å². The molecule has 5 heteroatoms. The van der Waals surface area contributed by atoms with Crippen LogP contribution in [0.5, 0.6) is 0 Å². The molecule has 2 heterocycles. The van der Waals surface area contributed by atoms with Crippen molar-refractivity contribution in [2.45, 2.75) is 31.7 Å². The molecule has 1 aromatic carbocycles. The van der Waals surface area contributed by atoms with E-state index < -0.39 is 0 Å². The number of nitrogens with zero attached hydrogens (tertiary/aromatic N) is 1. The number of carbonyl (C=O) groups excluding carboxylic acids is 2. The number of anilines is 1. The zero-order valence-electron chi connectivity index (χ0n) is 12.3. The molecule has 3 rings (SSSR count). The third kappa shape index (κ3) is 3.08. The van der Waals surface area contributed by atoms with E-state index in [1.54, 1.807) is 11.0 Å². The normalized spacial score (nSPS) is 20.8. The first-order valence-corrected chi connectivity index (χ1v) is 7.55. The molecule has 2 aliphatic rings. The maximum Gasteiger partial charge on any atom is 0.253 e. The Morgan fingerprint density at radius 3 is 3.00 bits per heavy atom. The molecule has 0 aromatic heterocycles. The largest absolute Gasteiger partial charge is 0.340 e. The van der Waals surface area contributed by atoms with Crippen LogP contribution in [0.15, 0.2) is 18.2 Å². The highest BCUT2D eigenvalue weighted by Crippen LogP contribution is 2.24. The van der Waals surface area contributed by atoms with Gasteiger partial charge in [-0.2, -0.15) is 0 Å². The van der Waals surface area contributed by atoms with Gasteiger partial charge in [-0.05, 0) is 49.6 Å². The van der Waals surface area contributed by atoms with E-state index in [0.717, 1.165) is 30.8 Å². The minimum Gasteiger partial charge on any atom is -0.340 e. The third-order valence-electron chi connectivity index (χ3n) is 4.25. The standard InChI is InChI=1S/C16H21N3O2/c1-19(10-13-3-2-8-17-13)16(21)12-4-6-14-11(9-12)5-7-15(20)18-14/h4,6,9,13,17H,2-3,5,7-8,10H2,1H3,(H,18,20). The van der Waals surface area contributed by atoms with Crippen LogP contribution in [0.2, 0.25) is 0 Å². The summed E-state index contributed by atoms with van der Waals surface area (Å²) in [6.07, 6.45) is 3.52. The van der Waals surface area contributed by atoms with Gasteiger partial charge in [0.1, 0.15) is 0 Å². The van der Waals surface area contributed by atoms with E-state index in [0.29, 0.717) is 24.4 Å². The van der Waals surface area contributed by atoms with Gasteiger partial charge in [0.25, 0.3) is 5.91 Å². The Hall–Kier alpha value is -1.88. The number of hydrogen-bond donors (Lipinski definition) is 2. The molecule has 2 N–H and O–H groups in total. The summed E-state index contributed by atoms with van der Waals surface area (Å²) in [4.78, 5) is 25.6. The molecule has 0 saturated carbocycles. The first-order valence-electron chi connectivity index (χ1n) is 7.55. The van der Waals surface area contributed by atoms with E-state index >= 15 is 0 Å². The Balaban J connectivity index is 1.70. The lowest BCUT2D eigenvalue weighted by molar-refractivity contribution is -0.116. The Morgan fingerprint density at radius 2 is 2.24 bits per heavy atom. The number of likely N-dealkylation sites (N-methyl/N-ethyl adjacent to an activating group) is 1. The monoisotopic (exact) mass is 287 g/mol. The van der Waals surface area contributed by atoms with Gasteiger partial charge >= 0.3 is 0 Å². The van der Waals surface area contributed by atoms with Crippen LogP contribution >= 0.6 is 0 Å². The number of carbonyl (C=O) groups is 2. The van der Waals surface area contributed by atoms with Crippen LogP contribution in [0.1, 0.15) is 35.2 Å². The van der Waals surface area contributed by atoms with E-state index in [2.05, 4.69) is 10.6 Å². The second kappa shape index (κ2) is 5.85. The Labute approximate surface area is 124 Å². The first-order chi connectivity index (χ1) is 10.1. The molecule has 5 nitrogen and oxygen atoms in total. The molecular weight excluding hydrogens is 266 g/mol. The molecule has 2 amide bonds. The van der Waals surface area contributed by atoms with Crippen molar-refractivity contribution < 1.29 is 9.59 Å². The number of hydrogen-bond acceptors (Lipinski definition) is 3. The summed E-state index contributed by atoms with van der Waals surface area (Å²) in [5.74, 6) is 0.0920. The average Bonchev–Trinajstić information content (AvgIpc) is 2.98. The molecular formula is C16H21N3O2. The van der Waals surface area contributed by atoms with Crippen LogP contribution in [0.3, 0.4) is 0 Å². The lowest BCUT2D eigenvalue weighted by Crippen LogP contribution is -2.38. The molecule has 1 aromatic rings. The number of nitrogens with one attached hydrogen (secondary N) is 2. The second-order valence-corrected chi connectivity index (χ2v) is 5.90. The fraction of sp³-hybridized carbons (Fsp3) is 0.500. The summed E-state index contributed by atoms with van der Waals surface area (Å²) >= 11 is 0. The minimum absolute atomic E-state index is 0.0448. The van der Waals surface area contributed by atoms with Crippen molar-refractivity contribution in [3.63, 3.8) is 0 Å². The van der Waals surface area contributed by atoms with Gasteiger partial charge < -0.3 is 15.5 Å². The zero-order valence-corrected chi connectivity index (χ0v) is 12.3. The first kappa shape index (κ1) is 14.1. The number of fused-ring (bicyclic) bond motifs is 1. The van der Waals surface area contributed by atoms with Crippen molar-refractivity contribution in [1.82, 2.24) is 10.2 Å². The molecule has 1 unspecified atom stereocenters. The number of amides is 2. The van der Waals surface area contributed by atoms with Gasteiger partial charge in [-0.25, -0.2) is 0 Å². The fourth-order valence-corrected chi connectivity index (χ4v) is 3.06. The molecule has 1 saturated heterocycles. The van der Waals surface area contributed by atoms with Gasteiger partial charge in [0.05, 0.1) is 0 Å². The third-order valence-corrected chi connectivity index (χ3v) is 4.25. The quantitative estimate of drug-likeness (QED) is 0.883. The van der Waals surface area contributed by atoms with Crippen LogP contribution < -0.4 is 10.6 Å². The highest BCUT2D eigenvalue weighted by molar-refractivity contribution is 5.97.